The summed E-state index contributed by atoms with van der Waals surface area (Å²) in [6.07, 6.45) is 1.83. The zero-order valence-corrected chi connectivity index (χ0v) is 14.1. The summed E-state index contributed by atoms with van der Waals surface area (Å²) in [7, 11) is 1.64. The molecule has 0 amide bonds. The normalized spacial score (nSPS) is 10.9. The third-order valence-electron chi connectivity index (χ3n) is 3.29. The van der Waals surface area contributed by atoms with Crippen molar-refractivity contribution in [2.24, 2.45) is 0 Å². The van der Waals surface area contributed by atoms with Crippen molar-refractivity contribution in [1.29, 1.82) is 0 Å². The Balaban J connectivity index is 2.56. The van der Waals surface area contributed by atoms with Crippen molar-refractivity contribution in [2.75, 3.05) is 12.8 Å². The Bertz CT molecular complexity index is 662. The molecule has 0 unspecified atom stereocenters. The minimum atomic E-state index is 0.294. The molecule has 112 valence electrons. The van der Waals surface area contributed by atoms with Gasteiger partial charge in [0.15, 0.2) is 0 Å². The van der Waals surface area contributed by atoms with E-state index in [-0.39, 0.29) is 0 Å². The average Bonchev–Trinajstić information content (AvgIpc) is 2.77. The molecule has 0 aliphatic carbocycles. The van der Waals surface area contributed by atoms with E-state index in [0.717, 1.165) is 27.3 Å². The van der Waals surface area contributed by atoms with Crippen LogP contribution in [0.2, 0.25) is 0 Å². The molecule has 0 saturated carbocycles. The molecule has 2 aromatic rings. The monoisotopic (exact) mass is 349 g/mol. The third-order valence-corrected chi connectivity index (χ3v) is 3.91. The second-order valence-electron chi connectivity index (χ2n) is 5.11. The minimum Gasteiger partial charge on any atom is -0.496 e. The first-order chi connectivity index (χ1) is 9.99. The molecule has 0 bridgehead atoms. The van der Waals surface area contributed by atoms with Crippen molar-refractivity contribution in [1.82, 2.24) is 9.55 Å². The summed E-state index contributed by atoms with van der Waals surface area (Å²) >= 11 is 3.50. The van der Waals surface area contributed by atoms with Gasteiger partial charge in [0.25, 0.3) is 0 Å². The summed E-state index contributed by atoms with van der Waals surface area (Å²) in [5, 5.41) is 0. The highest BCUT2D eigenvalue weighted by Crippen LogP contribution is 2.34. The number of rotatable bonds is 5. The van der Waals surface area contributed by atoms with Gasteiger partial charge in [-0.1, -0.05) is 19.9 Å². The second-order valence-corrected chi connectivity index (χ2v) is 5.96. The Hall–Kier alpha value is -1.75. The minimum absolute atomic E-state index is 0.294. The van der Waals surface area contributed by atoms with E-state index in [9.17, 15) is 0 Å². The Labute approximate surface area is 133 Å². The predicted molar refractivity (Wildman–Crippen MR) is 90.6 cm³/mol. The molecule has 1 heterocycles. The summed E-state index contributed by atoms with van der Waals surface area (Å²) in [5.74, 6) is 2.71. The van der Waals surface area contributed by atoms with Crippen molar-refractivity contribution in [2.45, 2.75) is 26.3 Å². The quantitative estimate of drug-likeness (QED) is 0.822. The largest absolute Gasteiger partial charge is 0.496 e. The fourth-order valence-electron chi connectivity index (χ4n) is 2.27. The second kappa shape index (κ2) is 6.35. The van der Waals surface area contributed by atoms with Crippen molar-refractivity contribution in [3.8, 4) is 17.0 Å². The average molecular weight is 350 g/mol. The molecule has 0 radical (unpaired) electrons. The van der Waals surface area contributed by atoms with Gasteiger partial charge in [-0.15, -0.1) is 6.58 Å². The number of allylic oxidation sites excluding steroid dienone is 1. The molecule has 0 aliphatic heterocycles. The number of hydrogen-bond donors (Lipinski definition) is 1. The summed E-state index contributed by atoms with van der Waals surface area (Å²) in [5.41, 5.74) is 8.04. The molecule has 2 rings (SSSR count). The van der Waals surface area contributed by atoms with Crippen LogP contribution in [-0.4, -0.2) is 16.7 Å². The zero-order valence-electron chi connectivity index (χ0n) is 12.6. The van der Waals surface area contributed by atoms with Gasteiger partial charge in [-0.3, -0.25) is 0 Å². The van der Waals surface area contributed by atoms with E-state index in [1.165, 1.54) is 0 Å². The van der Waals surface area contributed by atoms with E-state index in [0.29, 0.717) is 18.3 Å². The fourth-order valence-corrected chi connectivity index (χ4v) is 2.81. The molecule has 0 spiro atoms. The summed E-state index contributed by atoms with van der Waals surface area (Å²) in [4.78, 5) is 4.72. The molecule has 1 aromatic carbocycles. The number of imidazole rings is 1. The van der Waals surface area contributed by atoms with Crippen LogP contribution >= 0.6 is 15.9 Å². The Morgan fingerprint density at radius 3 is 2.71 bits per heavy atom. The lowest BCUT2D eigenvalue weighted by Gasteiger charge is -2.09. The van der Waals surface area contributed by atoms with E-state index >= 15 is 0 Å². The van der Waals surface area contributed by atoms with Crippen LogP contribution in [0.3, 0.4) is 0 Å². The van der Waals surface area contributed by atoms with Crippen LogP contribution in [0.15, 0.2) is 35.3 Å². The third kappa shape index (κ3) is 2.97. The molecule has 0 aliphatic rings. The standard InChI is InChI=1S/C16H20BrN3O/c1-5-8-20-15(18)14(19-16(20)10(2)3)11-6-7-13(21-4)12(17)9-11/h5-7,9-10H,1,8,18H2,2-4H3. The maximum absolute atomic E-state index is 6.29. The number of nitrogens with zero attached hydrogens (tertiary/aromatic N) is 2. The first-order valence-electron chi connectivity index (χ1n) is 6.80. The number of anilines is 1. The number of ether oxygens (including phenoxy) is 1. The van der Waals surface area contributed by atoms with Gasteiger partial charge in [0, 0.05) is 18.0 Å². The highest BCUT2D eigenvalue weighted by Gasteiger charge is 2.18. The van der Waals surface area contributed by atoms with E-state index in [2.05, 4.69) is 36.4 Å². The molecule has 1 aromatic heterocycles. The lowest BCUT2D eigenvalue weighted by Crippen LogP contribution is -2.07. The number of halogens is 1. The lowest BCUT2D eigenvalue weighted by atomic mass is 10.1. The van der Waals surface area contributed by atoms with Crippen molar-refractivity contribution >= 4 is 21.7 Å². The number of methoxy groups -OCH3 is 1. The summed E-state index contributed by atoms with van der Waals surface area (Å²) in [6, 6.07) is 5.84. The van der Waals surface area contributed by atoms with Crippen LogP contribution in [0.5, 0.6) is 5.75 Å². The van der Waals surface area contributed by atoms with Gasteiger partial charge >= 0.3 is 0 Å². The van der Waals surface area contributed by atoms with Crippen molar-refractivity contribution in [3.05, 3.63) is 41.2 Å². The van der Waals surface area contributed by atoms with Crippen LogP contribution in [0.1, 0.15) is 25.6 Å². The number of hydrogen-bond acceptors (Lipinski definition) is 3. The van der Waals surface area contributed by atoms with E-state index in [4.69, 9.17) is 15.5 Å². The van der Waals surface area contributed by atoms with Crippen LogP contribution in [0, 0.1) is 0 Å². The van der Waals surface area contributed by atoms with Gasteiger partial charge in [0.1, 0.15) is 23.1 Å². The molecule has 2 N–H and O–H groups in total. The van der Waals surface area contributed by atoms with Crippen molar-refractivity contribution in [3.63, 3.8) is 0 Å². The molecule has 0 fully saturated rings. The Kier molecular flexibility index (Phi) is 4.73. The Morgan fingerprint density at radius 1 is 1.48 bits per heavy atom. The lowest BCUT2D eigenvalue weighted by molar-refractivity contribution is 0.412. The Morgan fingerprint density at radius 2 is 2.19 bits per heavy atom. The fraction of sp³-hybridized carbons (Fsp3) is 0.312. The first kappa shape index (κ1) is 15.6. The molecule has 21 heavy (non-hydrogen) atoms. The van der Waals surface area contributed by atoms with Crippen LogP contribution < -0.4 is 10.5 Å². The summed E-state index contributed by atoms with van der Waals surface area (Å²) in [6.45, 7) is 8.66. The van der Waals surface area contributed by atoms with Crippen LogP contribution in [-0.2, 0) is 6.54 Å². The van der Waals surface area contributed by atoms with E-state index < -0.39 is 0 Å². The maximum Gasteiger partial charge on any atom is 0.133 e. The molecule has 5 heteroatoms. The molecule has 0 atom stereocenters. The topological polar surface area (TPSA) is 53.1 Å². The van der Waals surface area contributed by atoms with Crippen molar-refractivity contribution < 1.29 is 4.74 Å². The molecule has 0 saturated heterocycles. The number of nitrogen functional groups attached to an aromatic ring is 1. The van der Waals surface area contributed by atoms with Gasteiger partial charge in [-0.05, 0) is 34.1 Å². The number of aromatic nitrogens is 2. The van der Waals surface area contributed by atoms with E-state index in [1.807, 2.05) is 28.8 Å². The number of benzene rings is 1. The smallest absolute Gasteiger partial charge is 0.133 e. The molecular formula is C16H20BrN3O. The highest BCUT2D eigenvalue weighted by molar-refractivity contribution is 9.10. The van der Waals surface area contributed by atoms with Gasteiger partial charge in [-0.2, -0.15) is 0 Å². The van der Waals surface area contributed by atoms with Gasteiger partial charge in [-0.25, -0.2) is 4.98 Å². The van der Waals surface area contributed by atoms with Gasteiger partial charge in [0.05, 0.1) is 11.6 Å². The van der Waals surface area contributed by atoms with E-state index in [1.54, 1.807) is 7.11 Å². The predicted octanol–water partition coefficient (Wildman–Crippen LogP) is 4.21. The zero-order chi connectivity index (χ0) is 15.6. The number of nitrogens with two attached hydrogens (primary N) is 1. The SMILES string of the molecule is C=CCn1c(C(C)C)nc(-c2ccc(OC)c(Br)c2)c1N. The first-order valence-corrected chi connectivity index (χ1v) is 7.59. The van der Waals surface area contributed by atoms with Crippen LogP contribution in [0.4, 0.5) is 5.82 Å². The van der Waals surface area contributed by atoms with Gasteiger partial charge in [0.2, 0.25) is 0 Å². The molecular weight excluding hydrogens is 330 g/mol. The summed E-state index contributed by atoms with van der Waals surface area (Å²) < 4.78 is 8.14. The highest BCUT2D eigenvalue weighted by atomic mass is 79.9. The van der Waals surface area contributed by atoms with Gasteiger partial charge < -0.3 is 15.0 Å². The molecule has 4 nitrogen and oxygen atoms in total. The maximum atomic E-state index is 6.29. The van der Waals surface area contributed by atoms with Crippen LogP contribution in [0.25, 0.3) is 11.3 Å².